The number of benzene rings is 2. The maximum atomic E-state index is 13.8. The fraction of sp³-hybridized carbons (Fsp3) is 0.240. The Morgan fingerprint density at radius 3 is 2.61 bits per heavy atom. The van der Waals surface area contributed by atoms with Crippen LogP contribution >= 0.6 is 11.6 Å². The first-order chi connectivity index (χ1) is 15.7. The summed E-state index contributed by atoms with van der Waals surface area (Å²) in [6.45, 7) is 1.37. The highest BCUT2D eigenvalue weighted by atomic mass is 35.5. The quantitative estimate of drug-likeness (QED) is 0.422. The van der Waals surface area contributed by atoms with Crippen LogP contribution in [0.3, 0.4) is 0 Å². The Morgan fingerprint density at radius 2 is 1.97 bits per heavy atom. The molecule has 1 heterocycles. The van der Waals surface area contributed by atoms with Crippen LogP contribution < -0.4 is 5.32 Å². The number of carboxylic acids is 1. The number of carboxylic acid groups (broad SMARTS) is 1. The lowest BCUT2D eigenvalue weighted by molar-refractivity contribution is -0.117. The molecule has 3 aromatic rings. The largest absolute Gasteiger partial charge is 0.478 e. The fourth-order valence-corrected chi connectivity index (χ4v) is 4.03. The molecule has 1 amide bonds. The minimum atomic E-state index is -3.05. The van der Waals surface area contributed by atoms with Gasteiger partial charge in [0.2, 0.25) is 5.91 Å². The Morgan fingerprint density at radius 1 is 1.18 bits per heavy atom. The average molecular weight is 471 g/mol. The van der Waals surface area contributed by atoms with Gasteiger partial charge in [0, 0.05) is 34.8 Å². The number of pyridine rings is 1. The van der Waals surface area contributed by atoms with Crippen molar-refractivity contribution in [3.63, 3.8) is 0 Å². The highest BCUT2D eigenvalue weighted by Gasteiger charge is 2.44. The minimum Gasteiger partial charge on any atom is -0.478 e. The van der Waals surface area contributed by atoms with Crippen molar-refractivity contribution in [2.75, 3.05) is 5.32 Å². The zero-order valence-electron chi connectivity index (χ0n) is 17.7. The molecule has 4 rings (SSSR count). The van der Waals surface area contributed by atoms with Gasteiger partial charge >= 0.3 is 5.97 Å². The number of rotatable bonds is 7. The lowest BCUT2D eigenvalue weighted by Crippen LogP contribution is -2.15. The fourth-order valence-electron chi connectivity index (χ4n) is 3.83. The number of hydrogen-bond donors (Lipinski definition) is 2. The molecule has 2 atom stereocenters. The highest BCUT2D eigenvalue weighted by molar-refractivity contribution is 6.30. The Kier molecular flexibility index (Phi) is 6.17. The topological polar surface area (TPSA) is 79.3 Å². The number of aromatic nitrogens is 1. The van der Waals surface area contributed by atoms with Gasteiger partial charge in [0.25, 0.3) is 5.92 Å². The number of carbonyl (C=O) groups excluding carboxylic acids is 1. The molecule has 1 aromatic heterocycles. The Hall–Kier alpha value is -3.32. The van der Waals surface area contributed by atoms with E-state index in [4.69, 9.17) is 11.6 Å². The Bertz CT molecular complexity index is 1210. The molecule has 0 bridgehead atoms. The summed E-state index contributed by atoms with van der Waals surface area (Å²) in [5.41, 5.74) is 1.63. The monoisotopic (exact) mass is 470 g/mol. The van der Waals surface area contributed by atoms with Gasteiger partial charge in [-0.05, 0) is 53.8 Å². The van der Waals surface area contributed by atoms with Crippen molar-refractivity contribution >= 4 is 29.2 Å². The van der Waals surface area contributed by atoms with Gasteiger partial charge in [-0.25, -0.2) is 4.79 Å². The molecule has 8 heteroatoms. The van der Waals surface area contributed by atoms with Gasteiger partial charge in [0.1, 0.15) is 5.69 Å². The van der Waals surface area contributed by atoms with Crippen molar-refractivity contribution in [3.05, 3.63) is 82.6 Å². The van der Waals surface area contributed by atoms with E-state index < -0.39 is 11.9 Å². The SMILES string of the molecule is CCC(F)(F)c1ccc(-c2ccc(NC(=O)[C@@H]3C[C@H]3c3cccc(Cl)c3)cc2C(=O)O)cn1. The second kappa shape index (κ2) is 8.90. The molecule has 1 fully saturated rings. The summed E-state index contributed by atoms with van der Waals surface area (Å²) in [6.07, 6.45) is 1.54. The van der Waals surface area contributed by atoms with E-state index in [9.17, 15) is 23.5 Å². The molecule has 33 heavy (non-hydrogen) atoms. The summed E-state index contributed by atoms with van der Waals surface area (Å²) in [5, 5.41) is 13.1. The first-order valence-corrected chi connectivity index (χ1v) is 10.9. The van der Waals surface area contributed by atoms with Gasteiger partial charge in [0.15, 0.2) is 0 Å². The normalized spacial score (nSPS) is 17.5. The van der Waals surface area contributed by atoms with Crippen molar-refractivity contribution in [2.24, 2.45) is 5.92 Å². The smallest absolute Gasteiger partial charge is 0.336 e. The molecule has 1 aliphatic carbocycles. The van der Waals surface area contributed by atoms with Gasteiger partial charge < -0.3 is 10.4 Å². The highest BCUT2D eigenvalue weighted by Crippen LogP contribution is 2.48. The molecule has 0 unspecified atom stereocenters. The zero-order valence-corrected chi connectivity index (χ0v) is 18.4. The third-order valence-electron chi connectivity index (χ3n) is 5.81. The molecule has 1 aliphatic rings. The molecule has 2 N–H and O–H groups in total. The van der Waals surface area contributed by atoms with E-state index in [2.05, 4.69) is 10.3 Å². The number of hydrogen-bond acceptors (Lipinski definition) is 3. The second-order valence-electron chi connectivity index (χ2n) is 8.05. The van der Waals surface area contributed by atoms with Crippen molar-refractivity contribution in [2.45, 2.75) is 31.6 Å². The lowest BCUT2D eigenvalue weighted by Gasteiger charge is -2.14. The number of alkyl halides is 2. The van der Waals surface area contributed by atoms with Gasteiger partial charge in [-0.1, -0.05) is 42.8 Å². The third kappa shape index (κ3) is 4.88. The summed E-state index contributed by atoms with van der Waals surface area (Å²) in [6, 6.07) is 14.5. The molecule has 0 saturated heterocycles. The predicted molar refractivity (Wildman–Crippen MR) is 122 cm³/mol. The molecule has 2 aromatic carbocycles. The van der Waals surface area contributed by atoms with E-state index in [-0.39, 0.29) is 35.4 Å². The van der Waals surface area contributed by atoms with E-state index in [1.807, 2.05) is 18.2 Å². The summed E-state index contributed by atoms with van der Waals surface area (Å²) in [5.74, 6) is -4.58. The maximum Gasteiger partial charge on any atom is 0.336 e. The summed E-state index contributed by atoms with van der Waals surface area (Å²) in [4.78, 5) is 28.3. The number of halogens is 3. The molecular formula is C25H21ClF2N2O3. The lowest BCUT2D eigenvalue weighted by atomic mass is 9.99. The van der Waals surface area contributed by atoms with Crippen molar-refractivity contribution in [1.82, 2.24) is 4.98 Å². The van der Waals surface area contributed by atoms with Crippen molar-refractivity contribution < 1.29 is 23.5 Å². The van der Waals surface area contributed by atoms with Crippen LogP contribution in [0.25, 0.3) is 11.1 Å². The van der Waals surface area contributed by atoms with Crippen LogP contribution in [0, 0.1) is 5.92 Å². The first-order valence-electron chi connectivity index (χ1n) is 10.5. The van der Waals surface area contributed by atoms with Crippen LogP contribution in [0.2, 0.25) is 5.02 Å². The third-order valence-corrected chi connectivity index (χ3v) is 6.05. The van der Waals surface area contributed by atoms with Gasteiger partial charge in [-0.2, -0.15) is 8.78 Å². The van der Waals surface area contributed by atoms with Crippen LogP contribution in [0.4, 0.5) is 14.5 Å². The summed E-state index contributed by atoms with van der Waals surface area (Å²) < 4.78 is 27.6. The van der Waals surface area contributed by atoms with E-state index in [1.54, 1.807) is 12.1 Å². The standard InChI is InChI=1S/C25H21ClF2N2O3/c1-2-25(27,28)22-9-6-15(13-29-22)18-8-7-17(11-21(18)24(32)33)30-23(31)20-12-19(20)14-4-3-5-16(26)10-14/h3-11,13,19-20H,2,12H2,1H3,(H,30,31)(H,32,33)/t19-,20+/m0/s1. The van der Waals surface area contributed by atoms with E-state index in [0.717, 1.165) is 5.56 Å². The number of nitrogens with zero attached hydrogens (tertiary/aromatic N) is 1. The molecule has 1 saturated carbocycles. The minimum absolute atomic E-state index is 0.0632. The summed E-state index contributed by atoms with van der Waals surface area (Å²) in [7, 11) is 0. The molecule has 0 spiro atoms. The molecular weight excluding hydrogens is 450 g/mol. The van der Waals surface area contributed by atoms with E-state index in [0.29, 0.717) is 28.3 Å². The van der Waals surface area contributed by atoms with Crippen molar-refractivity contribution in [1.29, 1.82) is 0 Å². The first kappa shape index (κ1) is 22.9. The number of carbonyl (C=O) groups is 2. The van der Waals surface area contributed by atoms with Crippen LogP contribution in [-0.4, -0.2) is 22.0 Å². The van der Waals surface area contributed by atoms with Crippen LogP contribution in [0.1, 0.15) is 47.3 Å². The Labute approximate surface area is 194 Å². The van der Waals surface area contributed by atoms with E-state index >= 15 is 0 Å². The van der Waals surface area contributed by atoms with Crippen LogP contribution in [0.5, 0.6) is 0 Å². The van der Waals surface area contributed by atoms with Gasteiger partial charge in [0.05, 0.1) is 5.56 Å². The van der Waals surface area contributed by atoms with Crippen LogP contribution in [0.15, 0.2) is 60.8 Å². The number of aromatic carboxylic acids is 1. The molecule has 0 radical (unpaired) electrons. The predicted octanol–water partition coefficient (Wildman–Crippen LogP) is 6.34. The molecule has 0 aliphatic heterocycles. The Balaban J connectivity index is 1.52. The zero-order chi connectivity index (χ0) is 23.8. The molecule has 170 valence electrons. The average Bonchev–Trinajstić information content (AvgIpc) is 3.60. The molecule has 5 nitrogen and oxygen atoms in total. The van der Waals surface area contributed by atoms with Crippen molar-refractivity contribution in [3.8, 4) is 11.1 Å². The van der Waals surface area contributed by atoms with Gasteiger partial charge in [-0.15, -0.1) is 0 Å². The van der Waals surface area contributed by atoms with Crippen LogP contribution in [-0.2, 0) is 10.7 Å². The van der Waals surface area contributed by atoms with Gasteiger partial charge in [-0.3, -0.25) is 9.78 Å². The summed E-state index contributed by atoms with van der Waals surface area (Å²) >= 11 is 6.03. The second-order valence-corrected chi connectivity index (χ2v) is 8.49. The number of amides is 1. The number of nitrogens with one attached hydrogen (secondary N) is 1. The maximum absolute atomic E-state index is 13.8. The van der Waals surface area contributed by atoms with E-state index in [1.165, 1.54) is 37.4 Å². The number of anilines is 1.